The molecule has 89 heavy (non-hydrogen) atoms. The molecule has 6 aromatic rings. The maximum absolute atomic E-state index is 13.6. The van der Waals surface area contributed by atoms with Crippen LogP contribution in [0.15, 0.2) is 108 Å². The Balaban J connectivity index is 1.23. The van der Waals surface area contributed by atoms with Crippen molar-refractivity contribution in [2.45, 2.75) is 89.9 Å². The van der Waals surface area contributed by atoms with Crippen molar-refractivity contribution < 1.29 is 75.6 Å². The summed E-state index contributed by atoms with van der Waals surface area (Å²) < 4.78 is 139. The fourth-order valence-corrected chi connectivity index (χ4v) is 13.5. The third kappa shape index (κ3) is 15.3. The van der Waals surface area contributed by atoms with Gasteiger partial charge in [-0.25, -0.2) is 9.97 Å². The maximum atomic E-state index is 13.6. The molecule has 0 atom stereocenters. The van der Waals surface area contributed by atoms with E-state index in [-0.39, 0.29) is 40.9 Å². The Morgan fingerprint density at radius 2 is 1.06 bits per heavy atom. The van der Waals surface area contributed by atoms with Crippen LogP contribution in [0.4, 0.5) is 11.4 Å². The molecule has 2 aromatic heterocycles. The van der Waals surface area contributed by atoms with Crippen LogP contribution in [-0.2, 0) is 51.3 Å². The Labute approximate surface area is 517 Å². The molecule has 2 aliphatic rings. The lowest BCUT2D eigenvalue weighted by Crippen LogP contribution is -2.32. The van der Waals surface area contributed by atoms with E-state index in [4.69, 9.17) is 0 Å². The van der Waals surface area contributed by atoms with Crippen LogP contribution in [0.1, 0.15) is 127 Å². The predicted octanol–water partition coefficient (Wildman–Crippen LogP) is 7.18. The molecule has 24 nitrogen and oxygen atoms in total. The lowest BCUT2D eigenvalue weighted by molar-refractivity contribution is -0.437. The maximum Gasteiger partial charge on any atom is 0.295 e. The minimum atomic E-state index is -5.01. The molecule has 28 heteroatoms. The average molecular weight is 1300 g/mol. The van der Waals surface area contributed by atoms with Crippen molar-refractivity contribution >= 4 is 103 Å². The van der Waals surface area contributed by atoms with E-state index >= 15 is 0 Å². The van der Waals surface area contributed by atoms with Gasteiger partial charge >= 0.3 is 0 Å². The Hall–Kier alpha value is -7.83. The number of hydrogen-bond acceptors (Lipinski definition) is 15. The molecule has 474 valence electrons. The molecule has 0 bridgehead atoms. The summed E-state index contributed by atoms with van der Waals surface area (Å²) in [5.74, 6) is -5.02. The number of allylic oxidation sites excluding steroid dienone is 4. The van der Waals surface area contributed by atoms with Crippen molar-refractivity contribution in [1.29, 1.82) is 0 Å². The number of carbonyl (C=O) groups is 4. The molecular weight excluding hydrogens is 1230 g/mol. The fourth-order valence-electron chi connectivity index (χ4n) is 11.6. The summed E-state index contributed by atoms with van der Waals surface area (Å²) in [5.41, 5.74) is 3.77. The number of aromatic nitrogens is 2. The number of pyridine rings is 2. The van der Waals surface area contributed by atoms with Crippen LogP contribution in [0.5, 0.6) is 0 Å². The van der Waals surface area contributed by atoms with Crippen molar-refractivity contribution in [1.82, 2.24) is 31.2 Å². The number of nitrogens with one attached hydrogen (secondary N) is 4. The van der Waals surface area contributed by atoms with Gasteiger partial charge in [0.05, 0.1) is 22.7 Å². The van der Waals surface area contributed by atoms with E-state index in [1.165, 1.54) is 24.3 Å². The van der Waals surface area contributed by atoms with Crippen LogP contribution in [0, 0.1) is 0 Å². The number of fused-ring (bicyclic) bond motifs is 6. The predicted molar refractivity (Wildman–Crippen MR) is 339 cm³/mol. The topological polar surface area (TPSA) is 366 Å². The van der Waals surface area contributed by atoms with Crippen LogP contribution in [-0.4, -0.2) is 152 Å². The number of benzene rings is 4. The van der Waals surface area contributed by atoms with E-state index in [0.717, 1.165) is 46.3 Å². The first-order chi connectivity index (χ1) is 41.7. The van der Waals surface area contributed by atoms with Gasteiger partial charge in [-0.05, 0) is 133 Å². The summed E-state index contributed by atoms with van der Waals surface area (Å²) in [6, 6.07) is 21.6. The highest BCUT2D eigenvalue weighted by atomic mass is 32.2. The van der Waals surface area contributed by atoms with E-state index in [1.807, 2.05) is 78.8 Å². The zero-order valence-electron chi connectivity index (χ0n) is 50.0. The van der Waals surface area contributed by atoms with Crippen LogP contribution in [0.2, 0.25) is 0 Å². The van der Waals surface area contributed by atoms with Crippen LogP contribution < -0.4 is 26.2 Å². The van der Waals surface area contributed by atoms with Crippen molar-refractivity contribution in [2.24, 2.45) is 0 Å². The molecule has 0 fully saturated rings. The summed E-state index contributed by atoms with van der Waals surface area (Å²) in [6.45, 7) is 13.9. The van der Waals surface area contributed by atoms with E-state index in [1.54, 1.807) is 38.1 Å². The lowest BCUT2D eigenvalue weighted by Gasteiger charge is -2.27. The molecule has 4 amide bonds. The average Bonchev–Trinajstić information content (AvgIpc) is 1.60. The Morgan fingerprint density at radius 3 is 1.55 bits per heavy atom. The third-order valence-electron chi connectivity index (χ3n) is 15.5. The Kier molecular flexibility index (Phi) is 19.8. The molecule has 0 spiro atoms. The number of rotatable bonds is 25. The summed E-state index contributed by atoms with van der Waals surface area (Å²) >= 11 is 0. The Bertz CT molecular complexity index is 4340. The molecule has 4 aromatic carbocycles. The zero-order chi connectivity index (χ0) is 65.2. The van der Waals surface area contributed by atoms with Crippen molar-refractivity contribution in [3.63, 3.8) is 0 Å². The molecule has 2 aliphatic heterocycles. The lowest BCUT2D eigenvalue weighted by atomic mass is 9.78. The molecule has 0 unspecified atom stereocenters. The van der Waals surface area contributed by atoms with Gasteiger partial charge in [-0.3, -0.25) is 37.4 Å². The van der Waals surface area contributed by atoms with Gasteiger partial charge < -0.3 is 26.2 Å². The molecule has 0 radical (unpaired) electrons. The van der Waals surface area contributed by atoms with Gasteiger partial charge in [-0.2, -0.15) is 38.2 Å². The minimum Gasteiger partial charge on any atom is -0.351 e. The molecule has 0 aliphatic carbocycles. The van der Waals surface area contributed by atoms with Crippen molar-refractivity contribution in [3.05, 3.63) is 137 Å². The monoisotopic (exact) mass is 1300 g/mol. The van der Waals surface area contributed by atoms with Crippen LogP contribution in [0.3, 0.4) is 0 Å². The van der Waals surface area contributed by atoms with Crippen LogP contribution >= 0.6 is 0 Å². The van der Waals surface area contributed by atoms with E-state index in [2.05, 4.69) is 45.1 Å². The standard InChI is InChI=1S/C61H70N8O16S4/c1-8-11-12-25-69-50-36-51(89(83,84)85)44-31-38(41-34-47(58(72)64-23-28-87(77,78)79)67-48(35-41)59(73)65-24-29-88(80,81)82)18-21-43(44)55(50)61(6,7)53(69)16-13-15-52-60(4,5)54-42-20-17-37(30-39(42)19-22-49(54)68(52)26-14-27-86(74,75)76)40-32-45(56(70)62-9-2)66-46(33-40)57(71)63-10-3/h13,15-22,30-36H,8-12,14,23-29H2,1-7H3,(H7-,62,63,64,65,70,71,72,73,74,75,76,77,78,79,80,81,82,83,84,85)/p+1. The SMILES string of the molecule is CCCCCN1/C(=C/C=C/C2=[N+](CCCS(=O)(=O)O)c3ccc4cc(-c5cc(C(=O)NCC)nc(C(=O)NCC)c5)ccc4c3C2(C)C)C(C)(C)c2c1cc(S(=O)(=O)O)c1cc(-c3cc(C(=O)NCCS(=O)(=O)O)nc(C(=O)NCCS(=O)(=O)O)c3)ccc21. The number of unbranched alkanes of at least 4 members (excludes halogenated alkanes) is 2. The van der Waals surface area contributed by atoms with Crippen LogP contribution in [0.25, 0.3) is 43.8 Å². The first-order valence-electron chi connectivity index (χ1n) is 28.7. The molecule has 8 rings (SSSR count). The molecule has 0 saturated heterocycles. The highest BCUT2D eigenvalue weighted by Gasteiger charge is 2.46. The van der Waals surface area contributed by atoms with Gasteiger partial charge in [0.1, 0.15) is 34.2 Å². The highest BCUT2D eigenvalue weighted by Crippen LogP contribution is 2.53. The fraction of sp³-hybridized carbons (Fsp3) is 0.361. The second-order valence-electron chi connectivity index (χ2n) is 22.7. The number of carbonyl (C=O) groups excluding carboxylic acids is 4. The van der Waals surface area contributed by atoms with E-state index in [9.17, 15) is 71.1 Å². The number of amides is 4. The number of anilines is 1. The second kappa shape index (κ2) is 26.3. The van der Waals surface area contributed by atoms with Gasteiger partial charge in [-0.1, -0.05) is 64.0 Å². The summed E-state index contributed by atoms with van der Waals surface area (Å²) in [4.78, 5) is 63.0. The van der Waals surface area contributed by atoms with Gasteiger partial charge in [0.15, 0.2) is 5.71 Å². The van der Waals surface area contributed by atoms with Crippen molar-refractivity contribution in [3.8, 4) is 22.3 Å². The Morgan fingerprint density at radius 1 is 0.551 bits per heavy atom. The largest absolute Gasteiger partial charge is 0.351 e. The summed E-state index contributed by atoms with van der Waals surface area (Å²) in [7, 11) is -18.3. The minimum absolute atomic E-state index is 0.0622. The molecular formula is C61H71N8O16S4+. The van der Waals surface area contributed by atoms with Crippen molar-refractivity contribution in [2.75, 3.05) is 61.4 Å². The van der Waals surface area contributed by atoms with Gasteiger partial charge in [0, 0.05) is 79.0 Å². The first-order valence-corrected chi connectivity index (χ1v) is 34.9. The summed E-state index contributed by atoms with van der Waals surface area (Å²) in [5, 5.41) is 12.3. The highest BCUT2D eigenvalue weighted by molar-refractivity contribution is 7.86. The smallest absolute Gasteiger partial charge is 0.295 e. The summed E-state index contributed by atoms with van der Waals surface area (Å²) in [6.07, 6.45) is 8.20. The number of hydrogen-bond donors (Lipinski definition) is 8. The van der Waals surface area contributed by atoms with Gasteiger partial charge in [-0.15, -0.1) is 0 Å². The first kappa shape index (κ1) is 67.1. The van der Waals surface area contributed by atoms with E-state index < -0.39 is 122 Å². The molecule has 4 heterocycles. The van der Waals surface area contributed by atoms with Gasteiger partial charge in [0.2, 0.25) is 5.69 Å². The third-order valence-corrected chi connectivity index (χ3v) is 18.7. The quantitative estimate of drug-likeness (QED) is 0.0160. The zero-order valence-corrected chi connectivity index (χ0v) is 53.3. The second-order valence-corrected chi connectivity index (χ2v) is 28.8. The van der Waals surface area contributed by atoms with Gasteiger partial charge in [0.25, 0.3) is 64.1 Å². The molecule has 0 saturated carbocycles. The normalized spacial score (nSPS) is 15.2. The number of nitrogens with zero attached hydrogens (tertiary/aromatic N) is 4. The van der Waals surface area contributed by atoms with E-state index in [0.29, 0.717) is 53.8 Å². The molecule has 8 N–H and O–H groups in total.